The molecule has 1 amide bonds. The van der Waals surface area contributed by atoms with Crippen LogP contribution in [0, 0.1) is 29.6 Å². The fourth-order valence-electron chi connectivity index (χ4n) is 2.80. The maximum atomic E-state index is 12.3. The van der Waals surface area contributed by atoms with Gasteiger partial charge in [0.2, 0.25) is 5.91 Å². The van der Waals surface area contributed by atoms with E-state index in [1.165, 1.54) is 11.7 Å². The molecule has 2 aromatic heterocycles. The van der Waals surface area contributed by atoms with Gasteiger partial charge < -0.3 is 11.1 Å². The molecule has 0 fully saturated rings. The molecule has 150 valence electrons. The molecule has 30 heavy (non-hydrogen) atoms. The molecular formula is C19H16N7O3S+. The van der Waals surface area contributed by atoms with Crippen molar-refractivity contribution in [2.75, 3.05) is 16.8 Å². The summed E-state index contributed by atoms with van der Waals surface area (Å²) < 4.78 is 5.97. The van der Waals surface area contributed by atoms with Gasteiger partial charge >= 0.3 is 11.3 Å². The first-order chi connectivity index (χ1) is 14.3. The number of pyridine rings is 1. The van der Waals surface area contributed by atoms with Crippen LogP contribution in [0.2, 0.25) is 0 Å². The minimum atomic E-state index is -0.774. The summed E-state index contributed by atoms with van der Waals surface area (Å²) in [7, 11) is 1.49. The minimum absolute atomic E-state index is 0.00610. The van der Waals surface area contributed by atoms with Gasteiger partial charge in [0.25, 0.3) is 0 Å². The van der Waals surface area contributed by atoms with Crippen molar-refractivity contribution in [3.63, 3.8) is 0 Å². The third-order valence-electron chi connectivity index (χ3n) is 4.10. The number of rotatable bonds is 5. The van der Waals surface area contributed by atoms with E-state index in [0.29, 0.717) is 5.69 Å². The monoisotopic (exact) mass is 422 g/mol. The van der Waals surface area contributed by atoms with Crippen molar-refractivity contribution in [2.24, 2.45) is 7.05 Å². The smallest absolute Gasteiger partial charge is 0.383 e. The van der Waals surface area contributed by atoms with E-state index in [4.69, 9.17) is 10.3 Å². The lowest BCUT2D eigenvalue weighted by atomic mass is 10.0. The van der Waals surface area contributed by atoms with E-state index in [9.17, 15) is 20.1 Å². The Hall–Kier alpha value is -4.09. The Balaban J connectivity index is 1.96. The van der Waals surface area contributed by atoms with Crippen LogP contribution < -0.4 is 21.4 Å². The number of amides is 1. The lowest BCUT2D eigenvalue weighted by Crippen LogP contribution is -2.34. The fraction of sp³-hybridized carbons (Fsp3) is 0.158. The SMILES string of the molecule is Cc1cccc(NC(=O)CSc2nc(N)c(C#N)c(-c3c(=O)o[nH][n+]3C)c2C#N)c1. The molecular weight excluding hydrogens is 406 g/mol. The van der Waals surface area contributed by atoms with Crippen LogP contribution in [0.3, 0.4) is 0 Å². The summed E-state index contributed by atoms with van der Waals surface area (Å²) >= 11 is 0.973. The predicted octanol–water partition coefficient (Wildman–Crippen LogP) is 1.22. The topological polar surface area (TPSA) is 165 Å². The van der Waals surface area contributed by atoms with Crippen LogP contribution in [0.15, 0.2) is 38.6 Å². The molecule has 0 saturated heterocycles. The summed E-state index contributed by atoms with van der Waals surface area (Å²) in [6, 6.07) is 11.2. The first-order valence-electron chi connectivity index (χ1n) is 8.56. The average Bonchev–Trinajstić information content (AvgIpc) is 3.03. The van der Waals surface area contributed by atoms with E-state index in [1.807, 2.05) is 37.3 Å². The number of aromatic nitrogens is 3. The molecule has 1 aromatic carbocycles. The molecule has 0 aliphatic rings. The molecule has 3 rings (SSSR count). The quantitative estimate of drug-likeness (QED) is 0.408. The standard InChI is InChI=1S/C19H15N7O3S/c1-10-4-3-5-11(6-10)23-14(27)9-30-18-13(8-21)15(12(7-20)17(22)24-18)16-19(28)29-25-26(16)2/h3-6H,9H2,1-2H3,(H3-,22,23,24,25,27,28)/p+1. The van der Waals surface area contributed by atoms with Gasteiger partial charge in [-0.25, -0.2) is 9.78 Å². The second kappa shape index (κ2) is 8.51. The largest absolute Gasteiger partial charge is 0.435 e. The van der Waals surface area contributed by atoms with Gasteiger partial charge in [0.15, 0.2) is 7.05 Å². The average molecular weight is 422 g/mol. The molecule has 2 heterocycles. The molecule has 11 heteroatoms. The van der Waals surface area contributed by atoms with Gasteiger partial charge in [-0.2, -0.15) is 10.5 Å². The second-order valence-corrected chi connectivity index (χ2v) is 7.21. The number of nitrogens with one attached hydrogen (secondary N) is 2. The van der Waals surface area contributed by atoms with Crippen LogP contribution in [0.1, 0.15) is 16.7 Å². The van der Waals surface area contributed by atoms with E-state index in [1.54, 1.807) is 6.07 Å². The summed E-state index contributed by atoms with van der Waals surface area (Å²) in [4.78, 5) is 28.6. The summed E-state index contributed by atoms with van der Waals surface area (Å²) in [5.41, 5.74) is 6.55. The third-order valence-corrected chi connectivity index (χ3v) is 5.07. The Morgan fingerprint density at radius 3 is 2.70 bits per heavy atom. The van der Waals surface area contributed by atoms with Crippen molar-refractivity contribution < 1.29 is 14.0 Å². The number of hydrogen-bond donors (Lipinski definition) is 3. The van der Waals surface area contributed by atoms with Crippen LogP contribution >= 0.6 is 11.8 Å². The zero-order valence-corrected chi connectivity index (χ0v) is 16.8. The molecule has 0 atom stereocenters. The van der Waals surface area contributed by atoms with Crippen LogP contribution in [-0.4, -0.2) is 21.9 Å². The molecule has 0 saturated carbocycles. The number of nitriles is 2. The maximum Gasteiger partial charge on any atom is 0.435 e. The Morgan fingerprint density at radius 1 is 1.37 bits per heavy atom. The summed E-state index contributed by atoms with van der Waals surface area (Å²) in [5.74, 6) is -0.532. The van der Waals surface area contributed by atoms with Crippen molar-refractivity contribution in [2.45, 2.75) is 11.9 Å². The zero-order chi connectivity index (χ0) is 21.8. The van der Waals surface area contributed by atoms with Crippen molar-refractivity contribution in [3.8, 4) is 23.4 Å². The number of benzene rings is 1. The van der Waals surface area contributed by atoms with Gasteiger partial charge in [-0.3, -0.25) is 9.32 Å². The zero-order valence-electron chi connectivity index (χ0n) is 16.0. The van der Waals surface area contributed by atoms with Gasteiger partial charge in [0.1, 0.15) is 34.1 Å². The normalized spacial score (nSPS) is 10.3. The Bertz CT molecular complexity index is 1280. The number of anilines is 2. The van der Waals surface area contributed by atoms with Gasteiger partial charge in [0, 0.05) is 5.69 Å². The number of hydrogen-bond acceptors (Lipinski definition) is 8. The maximum absolute atomic E-state index is 12.3. The van der Waals surface area contributed by atoms with Crippen LogP contribution in [-0.2, 0) is 11.8 Å². The Kier molecular flexibility index (Phi) is 5.85. The third kappa shape index (κ3) is 4.01. The van der Waals surface area contributed by atoms with E-state index >= 15 is 0 Å². The second-order valence-electron chi connectivity index (χ2n) is 6.25. The highest BCUT2D eigenvalue weighted by molar-refractivity contribution is 8.00. The van der Waals surface area contributed by atoms with Gasteiger partial charge in [0.05, 0.1) is 11.3 Å². The lowest BCUT2D eigenvalue weighted by Gasteiger charge is -2.10. The van der Waals surface area contributed by atoms with Gasteiger partial charge in [-0.05, 0) is 29.9 Å². The van der Waals surface area contributed by atoms with E-state index < -0.39 is 5.63 Å². The summed E-state index contributed by atoms with van der Waals surface area (Å²) in [5, 5.41) is 24.4. The number of thioether (sulfide) groups is 1. The number of nitrogens with zero attached hydrogens (tertiary/aromatic N) is 4. The highest BCUT2D eigenvalue weighted by Crippen LogP contribution is 2.33. The molecule has 3 aromatic rings. The van der Waals surface area contributed by atoms with Gasteiger partial charge in [-0.1, -0.05) is 28.6 Å². The Morgan fingerprint density at radius 2 is 2.10 bits per heavy atom. The van der Waals surface area contributed by atoms with E-state index in [0.717, 1.165) is 17.3 Å². The Labute approximate surface area is 174 Å². The van der Waals surface area contributed by atoms with Crippen LogP contribution in [0.4, 0.5) is 11.5 Å². The van der Waals surface area contributed by atoms with E-state index in [2.05, 4.69) is 15.6 Å². The number of aryl methyl sites for hydroxylation is 2. The molecule has 0 spiro atoms. The molecule has 0 aliphatic heterocycles. The van der Waals surface area contributed by atoms with Crippen LogP contribution in [0.5, 0.6) is 0 Å². The number of nitrogen functional groups attached to an aromatic ring is 1. The fourth-order valence-corrected chi connectivity index (χ4v) is 3.60. The number of carbonyl (C=O) groups excluding carboxylic acids is 1. The summed E-state index contributed by atoms with van der Waals surface area (Å²) in [6.07, 6.45) is 0. The minimum Gasteiger partial charge on any atom is -0.383 e. The molecule has 10 nitrogen and oxygen atoms in total. The van der Waals surface area contributed by atoms with Crippen molar-refractivity contribution in [1.82, 2.24) is 10.3 Å². The molecule has 4 N–H and O–H groups in total. The molecule has 0 radical (unpaired) electrons. The highest BCUT2D eigenvalue weighted by Gasteiger charge is 2.31. The van der Waals surface area contributed by atoms with Crippen LogP contribution in [0.25, 0.3) is 11.3 Å². The van der Waals surface area contributed by atoms with Crippen molar-refractivity contribution in [1.29, 1.82) is 10.5 Å². The van der Waals surface area contributed by atoms with Crippen molar-refractivity contribution >= 4 is 29.2 Å². The van der Waals surface area contributed by atoms with E-state index in [-0.39, 0.29) is 44.9 Å². The molecule has 0 aliphatic carbocycles. The highest BCUT2D eigenvalue weighted by atomic mass is 32.2. The summed E-state index contributed by atoms with van der Waals surface area (Å²) in [6.45, 7) is 1.91. The van der Waals surface area contributed by atoms with Gasteiger partial charge in [-0.15, -0.1) is 0 Å². The van der Waals surface area contributed by atoms with Crippen molar-refractivity contribution in [3.05, 3.63) is 51.4 Å². The first kappa shape index (κ1) is 20.6. The lowest BCUT2D eigenvalue weighted by molar-refractivity contribution is -0.730. The number of aromatic amines is 1. The number of nitrogens with two attached hydrogens (primary N) is 1. The predicted molar refractivity (Wildman–Crippen MR) is 108 cm³/mol. The molecule has 0 unspecified atom stereocenters. The number of H-pyrrole nitrogens is 1. The first-order valence-corrected chi connectivity index (χ1v) is 9.55. The number of carbonyl (C=O) groups is 1. The molecule has 0 bridgehead atoms.